The molecule has 4 N–H and O–H groups in total. The Morgan fingerprint density at radius 3 is 1.44 bits per heavy atom. The number of rotatable bonds is 30. The quantitative estimate of drug-likeness (QED) is 0.0313. The summed E-state index contributed by atoms with van der Waals surface area (Å²) in [5, 5.41) is 30.9. The van der Waals surface area contributed by atoms with Crippen molar-refractivity contribution in [3.63, 3.8) is 0 Å². The Morgan fingerprint density at radius 2 is 1.00 bits per heavy atom. The standard InChI is InChI=1S/C61H77Cl2N10O11P/c1-6-7-8-9-10-11-12-13-14-15-16-17-18-19-31-75-32-22-33-76-85(74,83-44-25-20-23-40(50(44)62)34-46-52-54(81-58(2,3)79-52)60(36-64,77-46)48-29-27-42-56(66)68-38-70-72(42)48)84-45-26-21-24-41(51(45)63)35-47-53-55(82-59(4,5)80-53)61(37-65,78-47)49-30-28-43-57(67)69-39-71-73(43)49/h20-21,23-30,38-39,46-47,52-55H,6-19,22,31-35H2,1-5H3,(H2,66,68,70)(H2,67,69,71)/t46-,47-,52-,53-,54-,55-,60+,61+/m1/s1. The van der Waals surface area contributed by atoms with E-state index in [-0.39, 0.29) is 52.6 Å². The molecular formula is C61H77Cl2N10O11P. The Balaban J connectivity index is 0.837. The van der Waals surface area contributed by atoms with Crippen LogP contribution in [0.15, 0.2) is 73.3 Å². The third kappa shape index (κ3) is 13.4. The van der Waals surface area contributed by atoms with E-state index < -0.39 is 67.2 Å². The summed E-state index contributed by atoms with van der Waals surface area (Å²) in [6, 6.07) is 21.6. The van der Waals surface area contributed by atoms with Gasteiger partial charge in [-0.25, -0.2) is 23.6 Å². The molecule has 8 atom stereocenters. The molecule has 8 heterocycles. The van der Waals surface area contributed by atoms with Crippen LogP contribution in [0.25, 0.3) is 11.0 Å². The number of phosphoric ester groups is 1. The molecule has 2 aromatic carbocycles. The number of phosphoric acid groups is 1. The first-order valence-electron chi connectivity index (χ1n) is 29.8. The molecule has 0 saturated carbocycles. The Bertz CT molecular complexity index is 3230. The van der Waals surface area contributed by atoms with E-state index in [1.54, 1.807) is 88.4 Å². The van der Waals surface area contributed by atoms with Gasteiger partial charge in [0.05, 0.1) is 40.2 Å². The van der Waals surface area contributed by atoms with Crippen molar-refractivity contribution in [1.82, 2.24) is 29.2 Å². The molecule has 4 fully saturated rings. The lowest BCUT2D eigenvalue weighted by atomic mass is 9.91. The molecule has 0 amide bonds. The lowest BCUT2D eigenvalue weighted by Gasteiger charge is -2.29. The Kier molecular flexibility index (Phi) is 19.6. The predicted octanol–water partition coefficient (Wildman–Crippen LogP) is 12.5. The first-order chi connectivity index (χ1) is 40.9. The predicted molar refractivity (Wildman–Crippen MR) is 318 cm³/mol. The maximum atomic E-state index is 15.3. The van der Waals surface area contributed by atoms with Crippen molar-refractivity contribution in [2.75, 3.05) is 31.3 Å². The molecule has 0 unspecified atom stereocenters. The summed E-state index contributed by atoms with van der Waals surface area (Å²) in [5.74, 6) is -1.77. The molecule has 4 aliphatic rings. The van der Waals surface area contributed by atoms with Crippen molar-refractivity contribution in [2.24, 2.45) is 0 Å². The number of unbranched alkanes of at least 4 members (excludes halogenated alkanes) is 13. The maximum Gasteiger partial charge on any atom is 0.587 e. The number of hydrogen-bond acceptors (Lipinski definition) is 19. The molecule has 24 heteroatoms. The second-order valence-corrected chi connectivity index (χ2v) is 25.5. The second kappa shape index (κ2) is 26.8. The van der Waals surface area contributed by atoms with E-state index in [0.29, 0.717) is 53.2 Å². The molecular weight excluding hydrogens is 1150 g/mol. The summed E-state index contributed by atoms with van der Waals surface area (Å²) in [6.07, 6.45) is 16.1. The first kappa shape index (κ1) is 62.4. The Morgan fingerprint density at radius 1 is 0.576 bits per heavy atom. The molecule has 21 nitrogen and oxygen atoms in total. The van der Waals surface area contributed by atoms with Crippen LogP contribution in [0.4, 0.5) is 11.6 Å². The van der Waals surface area contributed by atoms with Gasteiger partial charge in [-0.15, -0.1) is 0 Å². The molecule has 85 heavy (non-hydrogen) atoms. The summed E-state index contributed by atoms with van der Waals surface area (Å²) in [7, 11) is -4.68. The Hall–Kier alpha value is -5.65. The normalized spacial score (nSPS) is 24.9. The second-order valence-electron chi connectivity index (χ2n) is 23.3. The number of aromatic nitrogens is 6. The zero-order valence-corrected chi connectivity index (χ0v) is 51.4. The molecule has 4 aromatic heterocycles. The van der Waals surface area contributed by atoms with Crippen molar-refractivity contribution in [3.8, 4) is 23.6 Å². The smallest absolute Gasteiger partial charge is 0.393 e. The van der Waals surface area contributed by atoms with Gasteiger partial charge in [0.1, 0.15) is 60.2 Å². The summed E-state index contributed by atoms with van der Waals surface area (Å²) in [4.78, 5) is 8.21. The van der Waals surface area contributed by atoms with Crippen molar-refractivity contribution >= 4 is 53.7 Å². The number of ether oxygens (including phenoxy) is 7. The highest BCUT2D eigenvalue weighted by Crippen LogP contribution is 2.56. The van der Waals surface area contributed by atoms with Crippen LogP contribution < -0.4 is 20.5 Å². The van der Waals surface area contributed by atoms with Crippen LogP contribution in [0.1, 0.15) is 153 Å². The molecule has 10 rings (SSSR count). The monoisotopic (exact) mass is 1230 g/mol. The molecule has 0 aliphatic carbocycles. The minimum absolute atomic E-state index is 0.0252. The lowest BCUT2D eigenvalue weighted by molar-refractivity contribution is -0.201. The van der Waals surface area contributed by atoms with Crippen molar-refractivity contribution < 1.29 is 51.3 Å². The fourth-order valence-electron chi connectivity index (χ4n) is 12.1. The number of nitriles is 2. The molecule has 6 aromatic rings. The number of nitrogens with two attached hydrogens (primary N) is 2. The van der Waals surface area contributed by atoms with E-state index in [4.69, 9.17) is 81.4 Å². The van der Waals surface area contributed by atoms with Gasteiger partial charge in [-0.05, 0) is 88.1 Å². The topological polar surface area (TPSA) is 269 Å². The van der Waals surface area contributed by atoms with Gasteiger partial charge >= 0.3 is 7.82 Å². The van der Waals surface area contributed by atoms with E-state index >= 15 is 4.57 Å². The lowest BCUT2D eigenvalue weighted by Crippen LogP contribution is -2.40. The van der Waals surface area contributed by atoms with E-state index in [2.05, 4.69) is 39.2 Å². The van der Waals surface area contributed by atoms with Crippen LogP contribution in [-0.4, -0.2) is 97.2 Å². The number of halogens is 2. The van der Waals surface area contributed by atoms with Gasteiger partial charge in [0.2, 0.25) is 11.2 Å². The van der Waals surface area contributed by atoms with Crippen molar-refractivity contribution in [2.45, 2.75) is 203 Å². The average Bonchev–Trinajstić information content (AvgIpc) is 1.72. The highest BCUT2D eigenvalue weighted by molar-refractivity contribution is 7.49. The maximum absolute atomic E-state index is 15.3. The Labute approximate surface area is 506 Å². The summed E-state index contributed by atoms with van der Waals surface area (Å²) in [6.45, 7) is 10.2. The van der Waals surface area contributed by atoms with Crippen LogP contribution in [0.5, 0.6) is 11.5 Å². The van der Waals surface area contributed by atoms with Crippen LogP contribution in [0, 0.1) is 22.7 Å². The largest absolute Gasteiger partial charge is 0.587 e. The van der Waals surface area contributed by atoms with E-state index in [0.717, 1.165) is 12.8 Å². The third-order valence-corrected chi connectivity index (χ3v) is 18.4. The highest BCUT2D eigenvalue weighted by Gasteiger charge is 2.67. The minimum atomic E-state index is -4.68. The van der Waals surface area contributed by atoms with Crippen molar-refractivity contribution in [1.29, 1.82) is 10.5 Å². The summed E-state index contributed by atoms with van der Waals surface area (Å²) in [5.41, 5.74) is 11.8. The van der Waals surface area contributed by atoms with Gasteiger partial charge in [-0.3, -0.25) is 4.52 Å². The highest BCUT2D eigenvalue weighted by atomic mass is 35.5. The molecule has 0 bridgehead atoms. The molecule has 0 radical (unpaired) electrons. The zero-order valence-electron chi connectivity index (χ0n) is 49.0. The average molecular weight is 1230 g/mol. The number of fused-ring (bicyclic) bond motifs is 4. The number of nitrogen functional groups attached to an aromatic ring is 2. The van der Waals surface area contributed by atoms with Gasteiger partial charge in [-0.1, -0.05) is 138 Å². The molecule has 0 spiro atoms. The molecule has 456 valence electrons. The van der Waals surface area contributed by atoms with Crippen LogP contribution >= 0.6 is 31.0 Å². The van der Waals surface area contributed by atoms with Crippen LogP contribution in [0.2, 0.25) is 10.0 Å². The van der Waals surface area contributed by atoms with Gasteiger partial charge in [0.15, 0.2) is 34.7 Å². The van der Waals surface area contributed by atoms with E-state index in [1.165, 1.54) is 98.7 Å². The minimum Gasteiger partial charge on any atom is -0.393 e. The fraction of sp³-hybridized carbons (Fsp3) is 0.574. The van der Waals surface area contributed by atoms with Gasteiger partial charge in [-0.2, -0.15) is 20.7 Å². The van der Waals surface area contributed by atoms with Crippen LogP contribution in [0.3, 0.4) is 0 Å². The van der Waals surface area contributed by atoms with Gasteiger partial charge < -0.3 is 53.7 Å². The number of benzene rings is 2. The number of hydrogen-bond donors (Lipinski definition) is 2. The van der Waals surface area contributed by atoms with E-state index in [1.807, 2.05) is 0 Å². The number of anilines is 2. The SMILES string of the molecule is CCCCCCCCCCCCCCCCOCCCOP(=O)(Oc1cccc(C[C@H]2O[C@@](C#N)(c3ccc4c(N)ncnn34)[C@@H]3OC(C)(C)O[C@@H]32)c1Cl)Oc1cccc(C[C@H]2O[C@@](C#N)(c3ccc4c(N)ncnn34)[C@@H]3OC(C)(C)O[C@@H]32)c1Cl. The van der Waals surface area contributed by atoms with Crippen molar-refractivity contribution in [3.05, 3.63) is 106 Å². The summed E-state index contributed by atoms with van der Waals surface area (Å²) >= 11 is 14.5. The molecule has 4 aliphatic heterocycles. The summed E-state index contributed by atoms with van der Waals surface area (Å²) < 4.78 is 82.2. The number of nitrogens with zero attached hydrogens (tertiary/aromatic N) is 8. The zero-order chi connectivity index (χ0) is 60.0. The third-order valence-electron chi connectivity index (χ3n) is 16.2. The van der Waals surface area contributed by atoms with Crippen LogP contribution in [-0.2, 0) is 66.3 Å². The van der Waals surface area contributed by atoms with Gasteiger partial charge in [0.25, 0.3) is 0 Å². The fourth-order valence-corrected chi connectivity index (χ4v) is 14.0. The molecule has 4 saturated heterocycles. The van der Waals surface area contributed by atoms with E-state index in [9.17, 15) is 10.5 Å². The first-order valence-corrected chi connectivity index (χ1v) is 32.0. The van der Waals surface area contributed by atoms with Gasteiger partial charge in [0, 0.05) is 26.1 Å².